The Bertz CT molecular complexity index is 1910. The van der Waals surface area contributed by atoms with E-state index in [0.717, 1.165) is 11.8 Å². The predicted octanol–water partition coefficient (Wildman–Crippen LogP) is 4.37. The first-order valence-electron chi connectivity index (χ1n) is 19.0. The quantitative estimate of drug-likeness (QED) is 0.327. The van der Waals surface area contributed by atoms with Gasteiger partial charge >= 0.3 is 6.09 Å². The van der Waals surface area contributed by atoms with Crippen molar-refractivity contribution >= 4 is 44.6 Å². The molecule has 3 heterocycles. The number of ether oxygens (including phenoxy) is 3. The van der Waals surface area contributed by atoms with Crippen LogP contribution in [0.3, 0.4) is 0 Å². The number of sulfonamides is 1. The molecule has 15 heteroatoms. The predicted molar refractivity (Wildman–Crippen MR) is 201 cm³/mol. The second kappa shape index (κ2) is 15.4. The molecule has 0 bridgehead atoms. The zero-order chi connectivity index (χ0) is 39.0. The Morgan fingerprint density at radius 3 is 2.48 bits per heavy atom. The molecule has 2 aliphatic carbocycles. The summed E-state index contributed by atoms with van der Waals surface area (Å²) in [6, 6.07) is 5.32. The molecule has 4 amide bonds. The smallest absolute Gasteiger partial charge is 0.408 e. The van der Waals surface area contributed by atoms with Crippen LogP contribution in [0.2, 0.25) is 0 Å². The lowest BCUT2D eigenvalue weighted by atomic mass is 9.88. The lowest BCUT2D eigenvalue weighted by Gasteiger charge is -2.33. The number of rotatable bonds is 8. The number of nitrogens with one attached hydrogen (secondary N) is 3. The summed E-state index contributed by atoms with van der Waals surface area (Å²) in [6.45, 7) is 11.5. The third-order valence-corrected chi connectivity index (χ3v) is 12.4. The number of pyridine rings is 1. The van der Waals surface area contributed by atoms with E-state index in [2.05, 4.69) is 27.3 Å². The van der Waals surface area contributed by atoms with Crippen LogP contribution in [0.5, 0.6) is 11.6 Å². The minimum absolute atomic E-state index is 0.0203. The Balaban J connectivity index is 1.35. The van der Waals surface area contributed by atoms with E-state index in [0.29, 0.717) is 49.3 Å². The summed E-state index contributed by atoms with van der Waals surface area (Å²) in [5, 5.41) is 6.55. The van der Waals surface area contributed by atoms with Crippen LogP contribution >= 0.6 is 0 Å². The molecule has 4 aliphatic rings. The van der Waals surface area contributed by atoms with E-state index in [1.54, 1.807) is 27.0 Å². The zero-order valence-corrected chi connectivity index (χ0v) is 32.7. The minimum Gasteiger partial charge on any atom is -0.492 e. The number of allylic oxidation sites excluding steroid dienone is 1. The third kappa shape index (κ3) is 8.76. The molecule has 294 valence electrons. The van der Waals surface area contributed by atoms with Crippen molar-refractivity contribution in [3.05, 3.63) is 42.6 Å². The fourth-order valence-corrected chi connectivity index (χ4v) is 8.96. The average Bonchev–Trinajstić information content (AvgIpc) is 4.02. The van der Waals surface area contributed by atoms with Gasteiger partial charge in [0.25, 0.3) is 5.91 Å². The summed E-state index contributed by atoms with van der Waals surface area (Å²) < 4.78 is 45.8. The Hall–Kier alpha value is -4.40. The molecule has 6 rings (SSSR count). The van der Waals surface area contributed by atoms with Crippen molar-refractivity contribution in [2.45, 2.75) is 121 Å². The van der Waals surface area contributed by atoms with Crippen molar-refractivity contribution in [3.8, 4) is 11.6 Å². The molecule has 3 fully saturated rings. The molecule has 54 heavy (non-hydrogen) atoms. The maximum atomic E-state index is 14.7. The van der Waals surface area contributed by atoms with Crippen LogP contribution in [-0.4, -0.2) is 89.8 Å². The van der Waals surface area contributed by atoms with Gasteiger partial charge in [-0.3, -0.25) is 19.1 Å². The Kier molecular flexibility index (Phi) is 11.2. The van der Waals surface area contributed by atoms with Crippen LogP contribution in [0.4, 0.5) is 4.79 Å². The van der Waals surface area contributed by atoms with Gasteiger partial charge in [-0.15, -0.1) is 0 Å². The summed E-state index contributed by atoms with van der Waals surface area (Å²) in [5.41, 5.74) is -2.33. The number of amides is 4. The first kappa shape index (κ1) is 39.3. The minimum atomic E-state index is -3.90. The van der Waals surface area contributed by atoms with Gasteiger partial charge < -0.3 is 29.7 Å². The van der Waals surface area contributed by atoms with E-state index in [9.17, 15) is 27.6 Å². The highest BCUT2D eigenvalue weighted by Crippen LogP contribution is 2.46. The molecule has 1 aromatic carbocycles. The fourth-order valence-electron chi connectivity index (χ4n) is 7.60. The summed E-state index contributed by atoms with van der Waals surface area (Å²) in [5.74, 6) is -1.64. The highest BCUT2D eigenvalue weighted by molar-refractivity contribution is 7.91. The van der Waals surface area contributed by atoms with Crippen LogP contribution in [-0.2, 0) is 29.1 Å². The van der Waals surface area contributed by atoms with Crippen LogP contribution in [0.1, 0.15) is 86.5 Å². The molecule has 0 unspecified atom stereocenters. The Morgan fingerprint density at radius 2 is 1.80 bits per heavy atom. The number of aromatic nitrogens is 1. The molecule has 1 aromatic heterocycles. The molecule has 2 aromatic rings. The first-order chi connectivity index (χ1) is 25.5. The lowest BCUT2D eigenvalue weighted by Crippen LogP contribution is -2.59. The highest BCUT2D eigenvalue weighted by atomic mass is 32.2. The van der Waals surface area contributed by atoms with Gasteiger partial charge in [0.1, 0.15) is 35.1 Å². The maximum Gasteiger partial charge on any atom is 0.408 e. The molecule has 0 radical (unpaired) electrons. The standard InChI is InChI=1S/C39H53N5O9S/c1-7-51-31-21-40-34(29-15-11-10-14-28(29)31)52-26-19-30-33(45)42-39(36(47)43-54(49,50)27-16-17-27)20-25(39)13-9-8-12-23(2)18-24(3)32(35(46)44(30)22-26)41-37(48)53-38(4,5)6/h9-11,13-15,21,23-27,30,32H,7-8,12,16-20,22H2,1-6H3,(H,41,48)(H,42,45)(H,43,47)/b13-9-/t23-,24+,25-,26+,30-,32-,39+/m0/s1. The van der Waals surface area contributed by atoms with E-state index in [1.165, 1.54) is 4.90 Å². The molecule has 1 saturated heterocycles. The maximum absolute atomic E-state index is 14.7. The number of alkyl carbamates (subject to hydrolysis) is 1. The normalized spacial score (nSPS) is 29.8. The van der Waals surface area contributed by atoms with Gasteiger partial charge in [-0.25, -0.2) is 18.2 Å². The van der Waals surface area contributed by atoms with Gasteiger partial charge in [-0.2, -0.15) is 0 Å². The summed E-state index contributed by atoms with van der Waals surface area (Å²) in [7, 11) is -3.90. The van der Waals surface area contributed by atoms with Crippen molar-refractivity contribution in [1.29, 1.82) is 0 Å². The van der Waals surface area contributed by atoms with Gasteiger partial charge in [0.2, 0.25) is 27.7 Å². The topological polar surface area (TPSA) is 182 Å². The average molecular weight is 768 g/mol. The van der Waals surface area contributed by atoms with Gasteiger partial charge in [0.05, 0.1) is 24.6 Å². The Morgan fingerprint density at radius 1 is 1.07 bits per heavy atom. The van der Waals surface area contributed by atoms with E-state index in [-0.39, 0.29) is 31.2 Å². The van der Waals surface area contributed by atoms with E-state index in [4.69, 9.17) is 14.2 Å². The largest absolute Gasteiger partial charge is 0.492 e. The van der Waals surface area contributed by atoms with E-state index in [1.807, 2.05) is 50.3 Å². The molecule has 2 aliphatic heterocycles. The zero-order valence-electron chi connectivity index (χ0n) is 31.9. The first-order valence-corrected chi connectivity index (χ1v) is 20.6. The highest BCUT2D eigenvalue weighted by Gasteiger charge is 2.62. The number of benzene rings is 1. The monoisotopic (exact) mass is 767 g/mol. The second-order valence-corrected chi connectivity index (χ2v) is 18.2. The molecular formula is C39H53N5O9S. The fraction of sp³-hybridized carbons (Fsp3) is 0.615. The SMILES string of the molecule is CCOc1cnc(O[C@@H]2C[C@H]3C(=O)N[C@]4(C(=O)NS(=O)(=O)C5CC5)C[C@@H]4/C=C\CC[C@H](C)C[C@@H](C)[C@H](NC(=O)OC(C)(C)C)C(=O)N3C2)c2ccccc12. The van der Waals surface area contributed by atoms with Crippen molar-refractivity contribution < 1.29 is 41.8 Å². The number of hydrogen-bond acceptors (Lipinski definition) is 10. The summed E-state index contributed by atoms with van der Waals surface area (Å²) >= 11 is 0. The van der Waals surface area contributed by atoms with Crippen LogP contribution in [0.15, 0.2) is 42.6 Å². The number of fused-ring (bicyclic) bond motifs is 3. The summed E-state index contributed by atoms with van der Waals surface area (Å²) in [4.78, 5) is 62.1. The van der Waals surface area contributed by atoms with E-state index < -0.39 is 74.3 Å². The van der Waals surface area contributed by atoms with Crippen molar-refractivity contribution in [3.63, 3.8) is 0 Å². The number of carbonyl (C=O) groups excluding carboxylic acids is 4. The second-order valence-electron chi connectivity index (χ2n) is 16.3. The molecule has 3 N–H and O–H groups in total. The van der Waals surface area contributed by atoms with Gasteiger partial charge in [0, 0.05) is 23.1 Å². The van der Waals surface area contributed by atoms with E-state index >= 15 is 0 Å². The number of nitrogens with zero attached hydrogens (tertiary/aromatic N) is 2. The number of carbonyl (C=O) groups is 4. The van der Waals surface area contributed by atoms with Crippen molar-refractivity contribution in [1.82, 2.24) is 25.2 Å². The Labute approximate surface area is 317 Å². The van der Waals surface area contributed by atoms with Crippen molar-refractivity contribution in [2.24, 2.45) is 17.8 Å². The molecule has 14 nitrogen and oxygen atoms in total. The summed E-state index contributed by atoms with van der Waals surface area (Å²) in [6.07, 6.45) is 7.20. The van der Waals surface area contributed by atoms with Gasteiger partial charge in [0.15, 0.2) is 0 Å². The van der Waals surface area contributed by atoms with Gasteiger partial charge in [-0.1, -0.05) is 44.2 Å². The molecular weight excluding hydrogens is 715 g/mol. The lowest BCUT2D eigenvalue weighted by molar-refractivity contribution is -0.142. The van der Waals surface area contributed by atoms with Crippen LogP contribution < -0.4 is 24.8 Å². The number of hydrogen-bond donors (Lipinski definition) is 3. The molecule has 2 saturated carbocycles. The van der Waals surface area contributed by atoms with Crippen LogP contribution in [0, 0.1) is 17.8 Å². The molecule has 7 atom stereocenters. The molecule has 0 spiro atoms. The van der Waals surface area contributed by atoms with Crippen LogP contribution in [0.25, 0.3) is 10.8 Å². The van der Waals surface area contributed by atoms with Gasteiger partial charge in [-0.05, 0) is 84.1 Å². The van der Waals surface area contributed by atoms with Crippen molar-refractivity contribution in [2.75, 3.05) is 13.2 Å². The third-order valence-electron chi connectivity index (χ3n) is 10.6.